The average Bonchev–Trinajstić information content (AvgIpc) is 2.70. The molecule has 6 nitrogen and oxygen atoms in total. The molecule has 3 N–H and O–H groups in total. The Kier molecular flexibility index (Phi) is 7.83. The molecule has 0 bridgehead atoms. The van der Waals surface area contributed by atoms with E-state index in [2.05, 4.69) is 16.0 Å². The van der Waals surface area contributed by atoms with Gasteiger partial charge in [-0.3, -0.25) is 9.59 Å². The fourth-order valence-corrected chi connectivity index (χ4v) is 3.17. The van der Waals surface area contributed by atoms with E-state index < -0.39 is 5.60 Å². The Hall–Kier alpha value is -2.12. The van der Waals surface area contributed by atoms with Gasteiger partial charge in [0.1, 0.15) is 5.60 Å². The third-order valence-corrected chi connectivity index (χ3v) is 4.97. The molecule has 3 rings (SSSR count). The van der Waals surface area contributed by atoms with Crippen LogP contribution in [0.15, 0.2) is 48.5 Å². The second-order valence-electron chi connectivity index (χ2n) is 6.44. The molecule has 2 amide bonds. The second-order valence-corrected chi connectivity index (χ2v) is 6.88. The number of piperidine rings is 1. The van der Waals surface area contributed by atoms with E-state index in [0.29, 0.717) is 34.8 Å². The lowest BCUT2D eigenvalue weighted by Crippen LogP contribution is -2.51. The molecule has 0 aromatic heterocycles. The Balaban J connectivity index is 0.00000280. The lowest BCUT2D eigenvalue weighted by Gasteiger charge is -2.34. The number of ether oxygens (including phenoxy) is 1. The summed E-state index contributed by atoms with van der Waals surface area (Å²) in [4.78, 5) is 24.9. The number of rotatable bonds is 5. The molecule has 2 aromatic carbocycles. The van der Waals surface area contributed by atoms with Crippen molar-refractivity contribution in [3.63, 3.8) is 0 Å². The van der Waals surface area contributed by atoms with Crippen LogP contribution in [-0.2, 0) is 9.53 Å². The molecule has 0 spiro atoms. The number of nitrogens with one attached hydrogen (secondary N) is 3. The van der Waals surface area contributed by atoms with Crippen molar-refractivity contribution in [1.29, 1.82) is 0 Å². The highest BCUT2D eigenvalue weighted by molar-refractivity contribution is 6.30. The van der Waals surface area contributed by atoms with Crippen molar-refractivity contribution in [3.05, 3.63) is 59.1 Å². The quantitative estimate of drug-likeness (QED) is 0.684. The summed E-state index contributed by atoms with van der Waals surface area (Å²) in [5, 5.41) is 9.52. The molecule has 0 unspecified atom stereocenters. The molecule has 1 heterocycles. The number of halogens is 2. The maximum absolute atomic E-state index is 12.7. The van der Waals surface area contributed by atoms with Crippen LogP contribution in [0.25, 0.3) is 0 Å². The highest BCUT2D eigenvalue weighted by Gasteiger charge is 2.39. The normalized spacial score (nSPS) is 15.2. The molecule has 150 valence electrons. The highest BCUT2D eigenvalue weighted by Crippen LogP contribution is 2.25. The standard InChI is InChI=1S/C20H22ClN3O3.ClH/c1-27-20(10-12-22-13-11-20)19(26)24-17-8-6-16(7-9-17)23-18(25)14-2-4-15(21)5-3-14;/h2-9,22H,10-13H2,1H3,(H,23,25)(H,24,26);1H. The number of hydrogen-bond acceptors (Lipinski definition) is 4. The highest BCUT2D eigenvalue weighted by atomic mass is 35.5. The monoisotopic (exact) mass is 423 g/mol. The van der Waals surface area contributed by atoms with Crippen LogP contribution in [0.2, 0.25) is 5.02 Å². The van der Waals surface area contributed by atoms with Crippen molar-refractivity contribution < 1.29 is 14.3 Å². The number of benzene rings is 2. The van der Waals surface area contributed by atoms with Crippen LogP contribution in [0.5, 0.6) is 0 Å². The fraction of sp³-hybridized carbons (Fsp3) is 0.300. The molecule has 1 aliphatic rings. The summed E-state index contributed by atoms with van der Waals surface area (Å²) in [6.45, 7) is 1.49. The fourth-order valence-electron chi connectivity index (χ4n) is 3.04. The molecule has 0 atom stereocenters. The van der Waals surface area contributed by atoms with E-state index in [9.17, 15) is 9.59 Å². The molecule has 28 heavy (non-hydrogen) atoms. The van der Waals surface area contributed by atoms with Crippen LogP contribution >= 0.6 is 24.0 Å². The van der Waals surface area contributed by atoms with E-state index in [1.54, 1.807) is 55.6 Å². The van der Waals surface area contributed by atoms with Gasteiger partial charge in [0.2, 0.25) is 0 Å². The predicted octanol–water partition coefficient (Wildman–Crippen LogP) is 3.72. The number of anilines is 2. The number of carbonyl (C=O) groups excluding carboxylic acids is 2. The molecule has 0 radical (unpaired) electrons. The average molecular weight is 424 g/mol. The van der Waals surface area contributed by atoms with Crippen LogP contribution in [-0.4, -0.2) is 37.6 Å². The lowest BCUT2D eigenvalue weighted by atomic mass is 9.91. The van der Waals surface area contributed by atoms with E-state index in [-0.39, 0.29) is 24.2 Å². The summed E-state index contributed by atoms with van der Waals surface area (Å²) < 4.78 is 5.53. The summed E-state index contributed by atoms with van der Waals surface area (Å²) in [7, 11) is 1.57. The first-order valence-electron chi connectivity index (χ1n) is 8.77. The van der Waals surface area contributed by atoms with E-state index >= 15 is 0 Å². The maximum Gasteiger partial charge on any atom is 0.256 e. The summed E-state index contributed by atoms with van der Waals surface area (Å²) >= 11 is 5.83. The van der Waals surface area contributed by atoms with E-state index in [0.717, 1.165) is 13.1 Å². The number of methoxy groups -OCH3 is 1. The Morgan fingerprint density at radius 3 is 2.04 bits per heavy atom. The SMILES string of the molecule is COC1(C(=O)Nc2ccc(NC(=O)c3ccc(Cl)cc3)cc2)CCNCC1.Cl. The Morgan fingerprint density at radius 1 is 0.964 bits per heavy atom. The predicted molar refractivity (Wildman–Crippen MR) is 114 cm³/mol. The van der Waals surface area contributed by atoms with E-state index in [4.69, 9.17) is 16.3 Å². The molecule has 1 fully saturated rings. The minimum atomic E-state index is -0.799. The van der Waals surface area contributed by atoms with E-state index in [1.165, 1.54) is 0 Å². The zero-order valence-corrected chi connectivity index (χ0v) is 17.0. The minimum Gasteiger partial charge on any atom is -0.368 e. The summed E-state index contributed by atoms with van der Waals surface area (Å²) in [6, 6.07) is 13.6. The molecular weight excluding hydrogens is 401 g/mol. The lowest BCUT2D eigenvalue weighted by molar-refractivity contribution is -0.140. The van der Waals surface area contributed by atoms with Crippen LogP contribution in [0.1, 0.15) is 23.2 Å². The van der Waals surface area contributed by atoms with Gasteiger partial charge in [-0.05, 0) is 74.5 Å². The molecule has 1 saturated heterocycles. The first-order chi connectivity index (χ1) is 13.0. The van der Waals surface area contributed by atoms with Crippen molar-refractivity contribution in [3.8, 4) is 0 Å². The topological polar surface area (TPSA) is 79.5 Å². The van der Waals surface area contributed by atoms with Gasteiger partial charge in [-0.2, -0.15) is 0 Å². The van der Waals surface area contributed by atoms with Crippen LogP contribution in [0, 0.1) is 0 Å². The van der Waals surface area contributed by atoms with Crippen molar-refractivity contribution >= 4 is 47.2 Å². The van der Waals surface area contributed by atoms with Crippen molar-refractivity contribution in [2.75, 3.05) is 30.8 Å². The largest absolute Gasteiger partial charge is 0.368 e. The summed E-state index contributed by atoms with van der Waals surface area (Å²) in [5.41, 5.74) is 1.01. The number of hydrogen-bond donors (Lipinski definition) is 3. The number of amides is 2. The van der Waals surface area contributed by atoms with Gasteiger partial charge in [-0.15, -0.1) is 12.4 Å². The van der Waals surface area contributed by atoms with Gasteiger partial charge in [0.05, 0.1) is 0 Å². The Morgan fingerprint density at radius 2 is 1.50 bits per heavy atom. The minimum absolute atomic E-state index is 0. The number of carbonyl (C=O) groups is 2. The van der Waals surface area contributed by atoms with Gasteiger partial charge in [0, 0.05) is 29.1 Å². The van der Waals surface area contributed by atoms with E-state index in [1.807, 2.05) is 0 Å². The zero-order valence-electron chi connectivity index (χ0n) is 15.5. The van der Waals surface area contributed by atoms with Crippen LogP contribution in [0.4, 0.5) is 11.4 Å². The van der Waals surface area contributed by atoms with Gasteiger partial charge in [-0.25, -0.2) is 0 Å². The van der Waals surface area contributed by atoms with Crippen molar-refractivity contribution in [2.45, 2.75) is 18.4 Å². The molecule has 2 aromatic rings. The molecule has 0 aliphatic carbocycles. The first kappa shape index (κ1) is 22.2. The third-order valence-electron chi connectivity index (χ3n) is 4.72. The molecule has 1 aliphatic heterocycles. The second kappa shape index (κ2) is 9.89. The van der Waals surface area contributed by atoms with Crippen molar-refractivity contribution in [2.24, 2.45) is 0 Å². The molecule has 8 heteroatoms. The Bertz CT molecular complexity index is 804. The summed E-state index contributed by atoms with van der Waals surface area (Å²) in [5.74, 6) is -0.374. The van der Waals surface area contributed by atoms with Gasteiger partial charge < -0.3 is 20.7 Å². The molecular formula is C20H23Cl2N3O3. The van der Waals surface area contributed by atoms with Gasteiger partial charge in [-0.1, -0.05) is 11.6 Å². The first-order valence-corrected chi connectivity index (χ1v) is 9.14. The third kappa shape index (κ3) is 5.23. The summed E-state index contributed by atoms with van der Waals surface area (Å²) in [6.07, 6.45) is 1.26. The zero-order chi connectivity index (χ0) is 19.3. The van der Waals surface area contributed by atoms with Gasteiger partial charge in [0.25, 0.3) is 11.8 Å². The smallest absolute Gasteiger partial charge is 0.256 e. The van der Waals surface area contributed by atoms with Crippen LogP contribution in [0.3, 0.4) is 0 Å². The van der Waals surface area contributed by atoms with Gasteiger partial charge in [0.15, 0.2) is 0 Å². The van der Waals surface area contributed by atoms with Crippen molar-refractivity contribution in [1.82, 2.24) is 5.32 Å². The van der Waals surface area contributed by atoms with Gasteiger partial charge >= 0.3 is 0 Å². The Labute approximate surface area is 175 Å². The maximum atomic E-state index is 12.7. The molecule has 0 saturated carbocycles. The van der Waals surface area contributed by atoms with Crippen LogP contribution < -0.4 is 16.0 Å².